The summed E-state index contributed by atoms with van der Waals surface area (Å²) in [5, 5.41) is 11.4. The summed E-state index contributed by atoms with van der Waals surface area (Å²) in [6.45, 7) is 2.02. The first-order chi connectivity index (χ1) is 10.1. The van der Waals surface area contributed by atoms with Gasteiger partial charge >= 0.3 is 5.97 Å². The van der Waals surface area contributed by atoms with E-state index >= 15 is 0 Å². The number of rotatable bonds is 5. The number of hydrogen-bond acceptors (Lipinski definition) is 3. The second kappa shape index (κ2) is 5.69. The second-order valence-corrected chi connectivity index (χ2v) is 6.13. The van der Waals surface area contributed by atoms with Crippen molar-refractivity contribution in [2.45, 2.75) is 19.8 Å². The van der Waals surface area contributed by atoms with Crippen molar-refractivity contribution in [1.82, 2.24) is 9.38 Å². The molecule has 1 N–H and O–H groups in total. The molecule has 1 aromatic carbocycles. The molecular formula is C16H16N2O2S. The van der Waals surface area contributed by atoms with Crippen LogP contribution in [0.3, 0.4) is 0 Å². The molecule has 3 rings (SSSR count). The lowest BCUT2D eigenvalue weighted by Crippen LogP contribution is -2.19. The summed E-state index contributed by atoms with van der Waals surface area (Å²) < 4.78 is 1.94. The minimum Gasteiger partial charge on any atom is -0.481 e. The largest absolute Gasteiger partial charge is 0.481 e. The number of hydrogen-bond donors (Lipinski definition) is 1. The predicted molar refractivity (Wildman–Crippen MR) is 82.8 cm³/mol. The van der Waals surface area contributed by atoms with Gasteiger partial charge in [-0.1, -0.05) is 29.8 Å². The number of aromatic nitrogens is 2. The summed E-state index contributed by atoms with van der Waals surface area (Å²) in [6, 6.07) is 8.01. The molecule has 4 nitrogen and oxygen atoms in total. The van der Waals surface area contributed by atoms with E-state index in [1.54, 1.807) is 11.3 Å². The standard InChI is InChI=1S/C16H16N2O2S/c1-11-3-2-4-12(7-11)8-13(15(19)20)9-14-10-18-5-6-21-16(18)17-14/h2-7,10,13H,8-9H2,1H3,(H,19,20). The van der Waals surface area contributed by atoms with E-state index in [4.69, 9.17) is 0 Å². The number of nitrogens with zero attached hydrogens (tertiary/aromatic N) is 2. The van der Waals surface area contributed by atoms with Gasteiger partial charge in [0.2, 0.25) is 0 Å². The zero-order valence-corrected chi connectivity index (χ0v) is 12.5. The summed E-state index contributed by atoms with van der Waals surface area (Å²) in [6.07, 6.45) is 4.84. The summed E-state index contributed by atoms with van der Waals surface area (Å²) >= 11 is 1.55. The number of carboxylic acids is 1. The smallest absolute Gasteiger partial charge is 0.307 e. The molecule has 0 bridgehead atoms. The van der Waals surface area contributed by atoms with Crippen molar-refractivity contribution < 1.29 is 9.90 Å². The van der Waals surface area contributed by atoms with Gasteiger partial charge in [0.05, 0.1) is 11.6 Å². The molecule has 2 aromatic heterocycles. The molecule has 0 saturated carbocycles. The molecule has 21 heavy (non-hydrogen) atoms. The molecule has 0 aliphatic heterocycles. The molecule has 0 aliphatic rings. The fraction of sp³-hybridized carbons (Fsp3) is 0.250. The molecule has 0 amide bonds. The highest BCUT2D eigenvalue weighted by atomic mass is 32.1. The molecule has 0 spiro atoms. The van der Waals surface area contributed by atoms with Crippen LogP contribution in [0, 0.1) is 12.8 Å². The van der Waals surface area contributed by atoms with Crippen LogP contribution < -0.4 is 0 Å². The van der Waals surface area contributed by atoms with E-state index in [1.807, 2.05) is 53.4 Å². The van der Waals surface area contributed by atoms with Crippen molar-refractivity contribution in [3.63, 3.8) is 0 Å². The Kier molecular flexibility index (Phi) is 3.75. The maximum absolute atomic E-state index is 11.5. The van der Waals surface area contributed by atoms with E-state index in [2.05, 4.69) is 4.98 Å². The number of carboxylic acid groups (broad SMARTS) is 1. The summed E-state index contributed by atoms with van der Waals surface area (Å²) in [4.78, 5) is 16.9. The Bertz CT molecular complexity index is 747. The van der Waals surface area contributed by atoms with Crippen LogP contribution in [-0.4, -0.2) is 20.5 Å². The summed E-state index contributed by atoms with van der Waals surface area (Å²) in [7, 11) is 0. The van der Waals surface area contributed by atoms with Crippen LogP contribution in [0.15, 0.2) is 42.0 Å². The number of aryl methyl sites for hydroxylation is 1. The molecule has 0 radical (unpaired) electrons. The second-order valence-electron chi connectivity index (χ2n) is 5.26. The molecule has 108 valence electrons. The normalized spacial score (nSPS) is 12.6. The highest BCUT2D eigenvalue weighted by Gasteiger charge is 2.20. The fourth-order valence-corrected chi connectivity index (χ4v) is 3.22. The Morgan fingerprint density at radius 1 is 1.43 bits per heavy atom. The van der Waals surface area contributed by atoms with Crippen molar-refractivity contribution in [1.29, 1.82) is 0 Å². The van der Waals surface area contributed by atoms with E-state index in [-0.39, 0.29) is 0 Å². The highest BCUT2D eigenvalue weighted by molar-refractivity contribution is 7.15. The maximum atomic E-state index is 11.5. The lowest BCUT2D eigenvalue weighted by Gasteiger charge is -2.11. The first kappa shape index (κ1) is 13.8. The molecule has 5 heteroatoms. The van der Waals surface area contributed by atoms with Crippen molar-refractivity contribution in [2.24, 2.45) is 5.92 Å². The van der Waals surface area contributed by atoms with E-state index in [0.717, 1.165) is 21.8 Å². The van der Waals surface area contributed by atoms with Gasteiger partial charge in [-0.05, 0) is 18.9 Å². The van der Waals surface area contributed by atoms with Gasteiger partial charge < -0.3 is 5.11 Å². The maximum Gasteiger partial charge on any atom is 0.307 e. The third kappa shape index (κ3) is 3.13. The van der Waals surface area contributed by atoms with Crippen molar-refractivity contribution in [3.8, 4) is 0 Å². The third-order valence-electron chi connectivity index (χ3n) is 3.51. The van der Waals surface area contributed by atoms with Crippen molar-refractivity contribution >= 4 is 22.3 Å². The van der Waals surface area contributed by atoms with Gasteiger partial charge in [-0.3, -0.25) is 9.20 Å². The van der Waals surface area contributed by atoms with Gasteiger partial charge in [0.15, 0.2) is 4.96 Å². The van der Waals surface area contributed by atoms with Crippen LogP contribution in [0.25, 0.3) is 4.96 Å². The highest BCUT2D eigenvalue weighted by Crippen LogP contribution is 2.18. The zero-order chi connectivity index (χ0) is 14.8. The molecule has 1 unspecified atom stereocenters. The van der Waals surface area contributed by atoms with Gasteiger partial charge in [0.1, 0.15) is 0 Å². The Labute approximate surface area is 126 Å². The van der Waals surface area contributed by atoms with Gasteiger partial charge in [0, 0.05) is 24.2 Å². The molecular weight excluding hydrogens is 284 g/mol. The Morgan fingerprint density at radius 3 is 3.00 bits per heavy atom. The number of aliphatic carboxylic acids is 1. The average Bonchev–Trinajstić information content (AvgIpc) is 2.98. The number of benzene rings is 1. The quantitative estimate of drug-likeness (QED) is 0.787. The zero-order valence-electron chi connectivity index (χ0n) is 11.7. The SMILES string of the molecule is Cc1cccc(CC(Cc2cn3ccsc3n2)C(=O)O)c1. The van der Waals surface area contributed by atoms with Crippen LogP contribution >= 0.6 is 11.3 Å². The molecule has 0 fully saturated rings. The minimum atomic E-state index is -0.770. The number of thiazole rings is 1. The molecule has 0 saturated heterocycles. The fourth-order valence-electron chi connectivity index (χ4n) is 2.50. The van der Waals surface area contributed by atoms with Crippen LogP contribution in [0.1, 0.15) is 16.8 Å². The molecule has 3 aromatic rings. The first-order valence-corrected chi connectivity index (χ1v) is 7.69. The molecule has 0 aliphatic carbocycles. The molecule has 2 heterocycles. The van der Waals surface area contributed by atoms with E-state index < -0.39 is 11.9 Å². The Balaban J connectivity index is 1.78. The topological polar surface area (TPSA) is 54.6 Å². The Morgan fingerprint density at radius 2 is 2.29 bits per heavy atom. The minimum absolute atomic E-state index is 0.448. The van der Waals surface area contributed by atoms with E-state index in [9.17, 15) is 9.90 Å². The first-order valence-electron chi connectivity index (χ1n) is 6.81. The van der Waals surface area contributed by atoms with E-state index in [1.165, 1.54) is 0 Å². The van der Waals surface area contributed by atoms with Crippen LogP contribution in [-0.2, 0) is 17.6 Å². The van der Waals surface area contributed by atoms with Crippen LogP contribution in [0.5, 0.6) is 0 Å². The van der Waals surface area contributed by atoms with Gasteiger partial charge in [-0.2, -0.15) is 0 Å². The van der Waals surface area contributed by atoms with Gasteiger partial charge in [-0.25, -0.2) is 4.98 Å². The summed E-state index contributed by atoms with van der Waals surface area (Å²) in [5.74, 6) is -1.22. The van der Waals surface area contributed by atoms with Gasteiger partial charge in [0.25, 0.3) is 0 Å². The number of carbonyl (C=O) groups is 1. The predicted octanol–water partition coefficient (Wildman–Crippen LogP) is 3.19. The summed E-state index contributed by atoms with van der Waals surface area (Å²) in [5.41, 5.74) is 3.05. The van der Waals surface area contributed by atoms with Gasteiger partial charge in [-0.15, -0.1) is 11.3 Å². The Hall–Kier alpha value is -2.14. The van der Waals surface area contributed by atoms with Crippen LogP contribution in [0.4, 0.5) is 0 Å². The van der Waals surface area contributed by atoms with Crippen molar-refractivity contribution in [3.05, 3.63) is 58.9 Å². The van der Waals surface area contributed by atoms with Crippen molar-refractivity contribution in [2.75, 3.05) is 0 Å². The molecule has 1 atom stereocenters. The lowest BCUT2D eigenvalue weighted by atomic mass is 9.94. The van der Waals surface area contributed by atoms with E-state index in [0.29, 0.717) is 12.8 Å². The number of fused-ring (bicyclic) bond motifs is 1. The lowest BCUT2D eigenvalue weighted by molar-refractivity contribution is -0.141. The van der Waals surface area contributed by atoms with Crippen LogP contribution in [0.2, 0.25) is 0 Å². The average molecular weight is 300 g/mol. The number of imidazole rings is 1. The monoisotopic (exact) mass is 300 g/mol. The third-order valence-corrected chi connectivity index (χ3v) is 4.28.